The maximum atomic E-state index is 13.0. The van der Waals surface area contributed by atoms with E-state index in [1.807, 2.05) is 24.3 Å². The van der Waals surface area contributed by atoms with Crippen molar-refractivity contribution in [1.82, 2.24) is 0 Å². The van der Waals surface area contributed by atoms with Crippen molar-refractivity contribution in [3.05, 3.63) is 130 Å². The number of benzene rings is 4. The first-order chi connectivity index (χ1) is 20.8. The standard InChI is InChI=1S/C34H29NO7S/c1-20-29(19-43-26-16-12-23(13-17-26)33(39)40)41-34(42-30(20)22-8-6-21(18-36)7-9-22)24-10-14-25(15-11-24)35-31(37)27-4-2-3-5-28(27)32(35)38/h2-17,20,29-30,34,36H,18-19H2,1H3,(H,39,40)/t20-,29+,30+,34+/m1/s1. The number of rotatable bonds is 8. The maximum absolute atomic E-state index is 13.0. The highest BCUT2D eigenvalue weighted by Gasteiger charge is 2.39. The number of fused-ring (bicyclic) bond motifs is 1. The Hall–Kier alpha value is -4.28. The summed E-state index contributed by atoms with van der Waals surface area (Å²) in [5.41, 5.74) is 3.98. The van der Waals surface area contributed by atoms with E-state index in [0.717, 1.165) is 21.6 Å². The van der Waals surface area contributed by atoms with Crippen molar-refractivity contribution in [3.8, 4) is 0 Å². The minimum absolute atomic E-state index is 0.0281. The van der Waals surface area contributed by atoms with E-state index in [1.54, 1.807) is 84.6 Å². The number of carboxylic acids is 1. The van der Waals surface area contributed by atoms with Crippen LogP contribution in [0, 0.1) is 5.92 Å². The van der Waals surface area contributed by atoms with Crippen molar-refractivity contribution in [2.45, 2.75) is 36.9 Å². The quantitative estimate of drug-likeness (QED) is 0.181. The third-order valence-electron chi connectivity index (χ3n) is 7.86. The lowest BCUT2D eigenvalue weighted by atomic mass is 9.91. The number of thioether (sulfide) groups is 1. The fourth-order valence-electron chi connectivity index (χ4n) is 5.39. The Kier molecular flexibility index (Phi) is 8.14. The number of amides is 2. The van der Waals surface area contributed by atoms with Crippen molar-refractivity contribution in [2.75, 3.05) is 10.7 Å². The molecule has 8 nitrogen and oxygen atoms in total. The van der Waals surface area contributed by atoms with Crippen LogP contribution < -0.4 is 4.90 Å². The molecule has 2 aliphatic heterocycles. The summed E-state index contributed by atoms with van der Waals surface area (Å²) in [7, 11) is 0. The van der Waals surface area contributed by atoms with Gasteiger partial charge >= 0.3 is 5.97 Å². The number of carbonyl (C=O) groups excluding carboxylic acids is 2. The summed E-state index contributed by atoms with van der Waals surface area (Å²) in [4.78, 5) is 39.3. The first kappa shape index (κ1) is 28.8. The number of aromatic carboxylic acids is 1. The Morgan fingerprint density at radius 3 is 2.00 bits per heavy atom. The molecule has 2 aliphatic rings. The van der Waals surface area contributed by atoms with E-state index in [0.29, 0.717) is 22.6 Å². The molecule has 0 unspecified atom stereocenters. The number of hydrogen-bond donors (Lipinski definition) is 2. The van der Waals surface area contributed by atoms with Gasteiger partial charge in [0, 0.05) is 22.1 Å². The molecule has 43 heavy (non-hydrogen) atoms. The van der Waals surface area contributed by atoms with Gasteiger partial charge in [-0.3, -0.25) is 9.59 Å². The predicted octanol–water partition coefficient (Wildman–Crippen LogP) is 6.26. The Balaban J connectivity index is 1.24. The fourth-order valence-corrected chi connectivity index (χ4v) is 6.45. The number of aliphatic hydroxyl groups is 1. The smallest absolute Gasteiger partial charge is 0.335 e. The van der Waals surface area contributed by atoms with E-state index in [4.69, 9.17) is 9.47 Å². The summed E-state index contributed by atoms with van der Waals surface area (Å²) in [6, 6.07) is 28.3. The molecule has 0 spiro atoms. The van der Waals surface area contributed by atoms with Crippen molar-refractivity contribution in [3.63, 3.8) is 0 Å². The molecule has 4 aromatic rings. The number of carboxylic acid groups (broad SMARTS) is 1. The molecule has 0 bridgehead atoms. The number of imide groups is 1. The lowest BCUT2D eigenvalue weighted by Gasteiger charge is -2.41. The topological polar surface area (TPSA) is 113 Å². The molecule has 0 radical (unpaired) electrons. The normalized spacial score (nSPS) is 21.6. The molecule has 2 heterocycles. The zero-order chi connectivity index (χ0) is 30.1. The molecule has 6 rings (SSSR count). The van der Waals surface area contributed by atoms with Crippen LogP contribution in [0.4, 0.5) is 5.69 Å². The van der Waals surface area contributed by atoms with Crippen molar-refractivity contribution >= 4 is 35.2 Å². The Bertz CT molecular complexity index is 1620. The summed E-state index contributed by atoms with van der Waals surface area (Å²) in [6.07, 6.45) is -1.24. The molecule has 0 aromatic heterocycles. The van der Waals surface area contributed by atoms with Gasteiger partial charge in [-0.2, -0.15) is 0 Å². The van der Waals surface area contributed by atoms with Gasteiger partial charge in [0.15, 0.2) is 6.29 Å². The van der Waals surface area contributed by atoms with E-state index in [-0.39, 0.29) is 42.1 Å². The number of aliphatic hydroxyl groups excluding tert-OH is 1. The van der Waals surface area contributed by atoms with Gasteiger partial charge in [-0.05, 0) is 59.7 Å². The first-order valence-electron chi connectivity index (χ1n) is 13.9. The monoisotopic (exact) mass is 595 g/mol. The van der Waals surface area contributed by atoms with Crippen LogP contribution in [-0.2, 0) is 16.1 Å². The highest BCUT2D eigenvalue weighted by atomic mass is 32.2. The molecule has 9 heteroatoms. The largest absolute Gasteiger partial charge is 0.478 e. The molecule has 2 amide bonds. The number of carbonyl (C=O) groups is 3. The molecule has 4 atom stereocenters. The van der Waals surface area contributed by atoms with Crippen LogP contribution in [0.3, 0.4) is 0 Å². The maximum Gasteiger partial charge on any atom is 0.335 e. The molecule has 0 saturated carbocycles. The Morgan fingerprint density at radius 1 is 0.814 bits per heavy atom. The summed E-state index contributed by atoms with van der Waals surface area (Å²) < 4.78 is 13.0. The number of hydrogen-bond acceptors (Lipinski definition) is 7. The van der Waals surface area contributed by atoms with Gasteiger partial charge in [0.25, 0.3) is 11.8 Å². The molecular weight excluding hydrogens is 566 g/mol. The molecule has 0 aliphatic carbocycles. The predicted molar refractivity (Wildman–Crippen MR) is 161 cm³/mol. The van der Waals surface area contributed by atoms with Crippen LogP contribution in [0.15, 0.2) is 102 Å². The second-order valence-corrected chi connectivity index (χ2v) is 11.6. The third-order valence-corrected chi connectivity index (χ3v) is 8.96. The summed E-state index contributed by atoms with van der Waals surface area (Å²) in [6.45, 7) is 2.03. The lowest BCUT2D eigenvalue weighted by molar-refractivity contribution is -0.268. The fraction of sp³-hybridized carbons (Fsp3) is 0.206. The van der Waals surface area contributed by atoms with Gasteiger partial charge in [0.1, 0.15) is 0 Å². The third kappa shape index (κ3) is 5.72. The van der Waals surface area contributed by atoms with Crippen LogP contribution in [0.2, 0.25) is 0 Å². The van der Waals surface area contributed by atoms with Gasteiger partial charge in [-0.1, -0.05) is 55.5 Å². The molecule has 4 aromatic carbocycles. The second kappa shape index (κ2) is 12.1. The summed E-state index contributed by atoms with van der Waals surface area (Å²) in [5.74, 6) is -1.10. The van der Waals surface area contributed by atoms with Crippen LogP contribution in [0.5, 0.6) is 0 Å². The SMILES string of the molecule is C[C@@H]1[C@H](CSc2ccc(C(=O)O)cc2)O[C@H](c2ccc(N3C(=O)c4ccccc4C3=O)cc2)O[C@@H]1c1ccc(CO)cc1. The molecule has 1 fully saturated rings. The van der Waals surface area contributed by atoms with Crippen LogP contribution in [0.25, 0.3) is 0 Å². The van der Waals surface area contributed by atoms with Crippen molar-refractivity contribution in [1.29, 1.82) is 0 Å². The lowest BCUT2D eigenvalue weighted by Crippen LogP contribution is -2.38. The average molecular weight is 596 g/mol. The van der Waals surface area contributed by atoms with E-state index in [2.05, 4.69) is 6.92 Å². The first-order valence-corrected chi connectivity index (χ1v) is 14.9. The highest BCUT2D eigenvalue weighted by molar-refractivity contribution is 7.99. The number of nitrogens with zero attached hydrogens (tertiary/aromatic N) is 1. The zero-order valence-electron chi connectivity index (χ0n) is 23.3. The van der Waals surface area contributed by atoms with Crippen molar-refractivity contribution < 1.29 is 34.1 Å². The number of ether oxygens (including phenoxy) is 2. The second-order valence-electron chi connectivity index (χ2n) is 10.5. The minimum atomic E-state index is -0.968. The summed E-state index contributed by atoms with van der Waals surface area (Å²) in [5, 5.41) is 18.7. The Morgan fingerprint density at radius 2 is 1.42 bits per heavy atom. The molecule has 1 saturated heterocycles. The van der Waals surface area contributed by atoms with Crippen LogP contribution >= 0.6 is 11.8 Å². The molecule has 2 N–H and O–H groups in total. The van der Waals surface area contributed by atoms with Gasteiger partial charge in [0.2, 0.25) is 0 Å². The number of anilines is 1. The molecule has 218 valence electrons. The van der Waals surface area contributed by atoms with E-state index in [9.17, 15) is 24.6 Å². The highest BCUT2D eigenvalue weighted by Crippen LogP contribution is 2.43. The van der Waals surface area contributed by atoms with E-state index in [1.165, 1.54) is 4.90 Å². The van der Waals surface area contributed by atoms with E-state index < -0.39 is 12.3 Å². The zero-order valence-corrected chi connectivity index (χ0v) is 24.1. The van der Waals surface area contributed by atoms with E-state index >= 15 is 0 Å². The minimum Gasteiger partial charge on any atom is -0.478 e. The molecular formula is C34H29NO7S. The van der Waals surface area contributed by atoms with Gasteiger partial charge in [-0.15, -0.1) is 11.8 Å². The van der Waals surface area contributed by atoms with Gasteiger partial charge in [-0.25, -0.2) is 9.69 Å². The van der Waals surface area contributed by atoms with Crippen molar-refractivity contribution in [2.24, 2.45) is 5.92 Å². The summed E-state index contributed by atoms with van der Waals surface area (Å²) >= 11 is 1.58. The van der Waals surface area contributed by atoms with Crippen LogP contribution in [0.1, 0.15) is 67.1 Å². The average Bonchev–Trinajstić information content (AvgIpc) is 3.30. The van der Waals surface area contributed by atoms with Gasteiger partial charge < -0.3 is 19.7 Å². The van der Waals surface area contributed by atoms with Gasteiger partial charge in [0.05, 0.1) is 41.2 Å². The Labute approximate surface area is 252 Å². The van der Waals surface area contributed by atoms with Crippen LogP contribution in [-0.4, -0.2) is 39.9 Å².